The van der Waals surface area contributed by atoms with E-state index >= 15 is 0 Å². The van der Waals surface area contributed by atoms with Crippen molar-refractivity contribution in [3.05, 3.63) is 53.3 Å². The second-order valence-corrected chi connectivity index (χ2v) is 10.2. The lowest BCUT2D eigenvalue weighted by atomic mass is 10.1. The van der Waals surface area contributed by atoms with E-state index in [2.05, 4.69) is 0 Å². The first kappa shape index (κ1) is 26.2. The van der Waals surface area contributed by atoms with Crippen LogP contribution in [-0.4, -0.2) is 71.7 Å². The molecule has 0 aromatic heterocycles. The number of carbonyl (C=O) groups excluding carboxylic acids is 1. The summed E-state index contributed by atoms with van der Waals surface area (Å²) >= 11 is 0. The number of hydrogen-bond donors (Lipinski definition) is 1. The van der Waals surface area contributed by atoms with Crippen molar-refractivity contribution < 1.29 is 35.5 Å². The average molecular weight is 531 g/mol. The van der Waals surface area contributed by atoms with Crippen molar-refractivity contribution in [3.63, 3.8) is 0 Å². The number of anilines is 2. The Kier molecular flexibility index (Phi) is 7.43. The molecule has 2 N–H and O–H groups in total. The van der Waals surface area contributed by atoms with Gasteiger partial charge in [0.15, 0.2) is 0 Å². The van der Waals surface area contributed by atoms with Crippen molar-refractivity contribution >= 4 is 27.3 Å². The SMILES string of the molecule is NS(=O)(=O)c1ccc(N2CCOCC2)c(CC(=O)N2CCN(c3ccc(C(F)(F)F)cc3F)CC2)c1. The van der Waals surface area contributed by atoms with Gasteiger partial charge in [-0.05, 0) is 42.0 Å². The maximum atomic E-state index is 14.4. The number of ether oxygens (including phenoxy) is 1. The second kappa shape index (κ2) is 10.2. The lowest BCUT2D eigenvalue weighted by Gasteiger charge is -2.37. The van der Waals surface area contributed by atoms with Gasteiger partial charge in [-0.25, -0.2) is 17.9 Å². The van der Waals surface area contributed by atoms with E-state index in [4.69, 9.17) is 9.88 Å². The molecule has 0 spiro atoms. The fourth-order valence-electron chi connectivity index (χ4n) is 4.40. The predicted molar refractivity (Wildman–Crippen MR) is 125 cm³/mol. The van der Waals surface area contributed by atoms with Crippen LogP contribution in [-0.2, 0) is 32.2 Å². The number of amides is 1. The summed E-state index contributed by atoms with van der Waals surface area (Å²) in [5.41, 5.74) is 0.232. The summed E-state index contributed by atoms with van der Waals surface area (Å²) in [5, 5.41) is 5.29. The third-order valence-corrected chi connectivity index (χ3v) is 7.23. The Balaban J connectivity index is 1.46. The van der Waals surface area contributed by atoms with E-state index in [1.807, 2.05) is 4.90 Å². The Morgan fingerprint density at radius 2 is 1.53 bits per heavy atom. The number of primary sulfonamides is 1. The summed E-state index contributed by atoms with van der Waals surface area (Å²) in [5.74, 6) is -1.22. The van der Waals surface area contributed by atoms with Gasteiger partial charge in [-0.1, -0.05) is 0 Å². The summed E-state index contributed by atoms with van der Waals surface area (Å²) in [6.07, 6.45) is -4.70. The molecular formula is C23H26F4N4O4S. The highest BCUT2D eigenvalue weighted by atomic mass is 32.2. The molecule has 36 heavy (non-hydrogen) atoms. The van der Waals surface area contributed by atoms with Crippen LogP contribution in [0.3, 0.4) is 0 Å². The number of piperazine rings is 1. The molecular weight excluding hydrogens is 504 g/mol. The van der Waals surface area contributed by atoms with E-state index in [9.17, 15) is 30.8 Å². The molecule has 4 rings (SSSR count). The minimum atomic E-state index is -4.63. The number of carbonyl (C=O) groups is 1. The van der Waals surface area contributed by atoms with Crippen LogP contribution < -0.4 is 14.9 Å². The topological polar surface area (TPSA) is 96.2 Å². The monoisotopic (exact) mass is 530 g/mol. The zero-order valence-electron chi connectivity index (χ0n) is 19.3. The highest BCUT2D eigenvalue weighted by molar-refractivity contribution is 7.89. The predicted octanol–water partition coefficient (Wildman–Crippen LogP) is 2.22. The molecule has 2 saturated heterocycles. The van der Waals surface area contributed by atoms with Gasteiger partial charge < -0.3 is 19.4 Å². The molecule has 2 aliphatic heterocycles. The lowest BCUT2D eigenvalue weighted by Crippen LogP contribution is -2.49. The number of nitrogens with zero attached hydrogens (tertiary/aromatic N) is 3. The van der Waals surface area contributed by atoms with Crippen LogP contribution in [0.5, 0.6) is 0 Å². The van der Waals surface area contributed by atoms with Crippen molar-refractivity contribution in [2.24, 2.45) is 5.14 Å². The first-order valence-corrected chi connectivity index (χ1v) is 12.9. The number of sulfonamides is 1. The zero-order valence-corrected chi connectivity index (χ0v) is 20.1. The Labute approximate surface area is 206 Å². The average Bonchev–Trinajstić information content (AvgIpc) is 2.83. The molecule has 2 heterocycles. The first-order chi connectivity index (χ1) is 16.9. The molecule has 0 radical (unpaired) electrons. The molecule has 0 aliphatic carbocycles. The van der Waals surface area contributed by atoms with Gasteiger partial charge in [0.1, 0.15) is 5.82 Å². The third kappa shape index (κ3) is 5.90. The molecule has 0 atom stereocenters. The highest BCUT2D eigenvalue weighted by Crippen LogP contribution is 2.33. The lowest BCUT2D eigenvalue weighted by molar-refractivity contribution is -0.137. The number of morpholine rings is 1. The number of alkyl halides is 3. The van der Waals surface area contributed by atoms with E-state index in [1.54, 1.807) is 15.9 Å². The van der Waals surface area contributed by atoms with Crippen molar-refractivity contribution in [2.75, 3.05) is 62.3 Å². The highest BCUT2D eigenvalue weighted by Gasteiger charge is 2.32. The Bertz CT molecular complexity index is 1230. The summed E-state index contributed by atoms with van der Waals surface area (Å²) in [7, 11) is -3.97. The van der Waals surface area contributed by atoms with Gasteiger partial charge in [-0.15, -0.1) is 0 Å². The van der Waals surface area contributed by atoms with Crippen LogP contribution >= 0.6 is 0 Å². The standard InChI is InChI=1S/C23H26F4N4O4S/c24-19-15-17(23(25,26)27)1-3-21(19)29-5-7-31(8-6-29)22(32)14-16-13-18(36(28,33)34)2-4-20(16)30-9-11-35-12-10-30/h1-4,13,15H,5-12,14H2,(H2,28,33,34). The number of halogens is 4. The minimum absolute atomic E-state index is 0.0468. The number of rotatable bonds is 5. The maximum absolute atomic E-state index is 14.4. The van der Waals surface area contributed by atoms with E-state index in [1.165, 1.54) is 12.1 Å². The van der Waals surface area contributed by atoms with E-state index < -0.39 is 27.6 Å². The van der Waals surface area contributed by atoms with Crippen molar-refractivity contribution in [2.45, 2.75) is 17.5 Å². The maximum Gasteiger partial charge on any atom is 0.416 e. The van der Waals surface area contributed by atoms with Gasteiger partial charge in [-0.2, -0.15) is 13.2 Å². The summed E-state index contributed by atoms with van der Waals surface area (Å²) < 4.78 is 82.0. The molecule has 0 unspecified atom stereocenters. The van der Waals surface area contributed by atoms with E-state index in [0.717, 1.165) is 17.8 Å². The van der Waals surface area contributed by atoms with Gasteiger partial charge in [0, 0.05) is 45.0 Å². The van der Waals surface area contributed by atoms with Gasteiger partial charge >= 0.3 is 6.18 Å². The van der Waals surface area contributed by atoms with Crippen molar-refractivity contribution in [1.82, 2.24) is 4.90 Å². The smallest absolute Gasteiger partial charge is 0.378 e. The molecule has 0 bridgehead atoms. The fourth-order valence-corrected chi connectivity index (χ4v) is 4.97. The normalized spacial score (nSPS) is 17.4. The van der Waals surface area contributed by atoms with Crippen molar-refractivity contribution in [3.8, 4) is 0 Å². The summed E-state index contributed by atoms with van der Waals surface area (Å²) in [4.78, 5) is 18.2. The van der Waals surface area contributed by atoms with Crippen LogP contribution in [0.15, 0.2) is 41.3 Å². The molecule has 2 fully saturated rings. The quantitative estimate of drug-likeness (QED) is 0.596. The third-order valence-electron chi connectivity index (χ3n) is 6.32. The molecule has 2 aromatic carbocycles. The van der Waals surface area contributed by atoms with E-state index in [-0.39, 0.29) is 49.1 Å². The number of hydrogen-bond acceptors (Lipinski definition) is 6. The van der Waals surface area contributed by atoms with E-state index in [0.29, 0.717) is 37.9 Å². The molecule has 196 valence electrons. The Morgan fingerprint density at radius 1 is 0.917 bits per heavy atom. The zero-order chi connectivity index (χ0) is 26.1. The number of benzene rings is 2. The summed E-state index contributed by atoms with van der Waals surface area (Å²) in [6.45, 7) is 3.14. The van der Waals surface area contributed by atoms with Gasteiger partial charge in [0.2, 0.25) is 15.9 Å². The minimum Gasteiger partial charge on any atom is -0.378 e. The molecule has 0 saturated carbocycles. The first-order valence-electron chi connectivity index (χ1n) is 11.3. The van der Waals surface area contributed by atoms with Crippen LogP contribution in [0.1, 0.15) is 11.1 Å². The Morgan fingerprint density at radius 3 is 2.11 bits per heavy atom. The largest absolute Gasteiger partial charge is 0.416 e. The molecule has 1 amide bonds. The van der Waals surface area contributed by atoms with Crippen LogP contribution in [0.25, 0.3) is 0 Å². The Hall–Kier alpha value is -2.90. The van der Waals surface area contributed by atoms with Crippen LogP contribution in [0.2, 0.25) is 0 Å². The van der Waals surface area contributed by atoms with Gasteiger partial charge in [0.05, 0.1) is 35.8 Å². The van der Waals surface area contributed by atoms with Crippen LogP contribution in [0, 0.1) is 5.82 Å². The molecule has 2 aliphatic rings. The van der Waals surface area contributed by atoms with Gasteiger partial charge in [0.25, 0.3) is 0 Å². The fraction of sp³-hybridized carbons (Fsp3) is 0.435. The van der Waals surface area contributed by atoms with Gasteiger partial charge in [-0.3, -0.25) is 4.79 Å². The molecule has 8 nitrogen and oxygen atoms in total. The number of nitrogens with two attached hydrogens (primary N) is 1. The molecule has 13 heteroatoms. The van der Waals surface area contributed by atoms with Crippen molar-refractivity contribution in [1.29, 1.82) is 0 Å². The van der Waals surface area contributed by atoms with Crippen LogP contribution in [0.4, 0.5) is 28.9 Å². The second-order valence-electron chi connectivity index (χ2n) is 8.64. The summed E-state index contributed by atoms with van der Waals surface area (Å²) in [6, 6.07) is 6.86. The molecule has 2 aromatic rings.